The summed E-state index contributed by atoms with van der Waals surface area (Å²) in [5, 5.41) is 6.67. The molecule has 0 amide bonds. The third-order valence-electron chi connectivity index (χ3n) is 2.20. The molecule has 0 spiro atoms. The van der Waals surface area contributed by atoms with Crippen LogP contribution in [0.15, 0.2) is 0 Å². The van der Waals surface area contributed by atoms with E-state index < -0.39 is 0 Å². The van der Waals surface area contributed by atoms with Crippen LogP contribution in [0, 0.1) is 0 Å². The summed E-state index contributed by atoms with van der Waals surface area (Å²) in [6, 6.07) is 0.696. The van der Waals surface area contributed by atoms with Crippen molar-refractivity contribution in [1.29, 1.82) is 0 Å². The van der Waals surface area contributed by atoms with Crippen LogP contribution >= 0.6 is 0 Å². The van der Waals surface area contributed by atoms with Crippen LogP contribution in [0.1, 0.15) is 6.42 Å². The second-order valence-electron chi connectivity index (χ2n) is 3.31. The van der Waals surface area contributed by atoms with Crippen molar-refractivity contribution >= 4 is 0 Å². The average Bonchev–Trinajstić information content (AvgIpc) is 2.01. The molecule has 0 radical (unpaired) electrons. The van der Waals surface area contributed by atoms with Crippen LogP contribution in [0.2, 0.25) is 0 Å². The van der Waals surface area contributed by atoms with E-state index in [1.54, 1.807) is 0 Å². The normalized spacial score (nSPS) is 27.3. The third-order valence-corrected chi connectivity index (χ3v) is 2.20. The Hall–Kier alpha value is -0.120. The van der Waals surface area contributed by atoms with E-state index in [0.717, 1.165) is 13.1 Å². The molecule has 2 N–H and O–H groups in total. The molecule has 66 valence electrons. The van der Waals surface area contributed by atoms with Crippen LogP contribution in [-0.2, 0) is 0 Å². The number of hydrogen-bond donors (Lipinski definition) is 2. The minimum Gasteiger partial charge on any atom is -0.320 e. The molecule has 1 saturated heterocycles. The molecule has 0 saturated carbocycles. The molecule has 1 aliphatic heterocycles. The molecule has 3 heteroatoms. The van der Waals surface area contributed by atoms with Gasteiger partial charge in [0, 0.05) is 25.7 Å². The summed E-state index contributed by atoms with van der Waals surface area (Å²) in [6.45, 7) is 4.65. The average molecular weight is 157 g/mol. The van der Waals surface area contributed by atoms with E-state index in [1.165, 1.54) is 19.5 Å². The van der Waals surface area contributed by atoms with E-state index in [4.69, 9.17) is 0 Å². The summed E-state index contributed by atoms with van der Waals surface area (Å²) in [5.74, 6) is 0. The summed E-state index contributed by atoms with van der Waals surface area (Å²) >= 11 is 0. The van der Waals surface area contributed by atoms with E-state index in [-0.39, 0.29) is 0 Å². The monoisotopic (exact) mass is 157 g/mol. The first kappa shape index (κ1) is 8.97. The fourth-order valence-electron chi connectivity index (χ4n) is 1.50. The second-order valence-corrected chi connectivity index (χ2v) is 3.31. The Morgan fingerprint density at radius 3 is 3.09 bits per heavy atom. The van der Waals surface area contributed by atoms with Crippen LogP contribution in [0.25, 0.3) is 0 Å². The number of rotatable bonds is 3. The molecule has 0 aliphatic carbocycles. The summed E-state index contributed by atoms with van der Waals surface area (Å²) in [7, 11) is 4.19. The van der Waals surface area contributed by atoms with Crippen LogP contribution in [-0.4, -0.2) is 51.2 Å². The zero-order valence-corrected chi connectivity index (χ0v) is 7.56. The van der Waals surface area contributed by atoms with Crippen molar-refractivity contribution in [2.24, 2.45) is 0 Å². The van der Waals surface area contributed by atoms with Gasteiger partial charge in [-0.15, -0.1) is 0 Å². The predicted molar refractivity (Wildman–Crippen MR) is 47.8 cm³/mol. The van der Waals surface area contributed by atoms with E-state index in [1.807, 2.05) is 7.05 Å². The van der Waals surface area contributed by atoms with Gasteiger partial charge in [-0.25, -0.2) is 0 Å². The molecule has 0 bridgehead atoms. The first-order valence-corrected chi connectivity index (χ1v) is 4.39. The van der Waals surface area contributed by atoms with Gasteiger partial charge in [0.25, 0.3) is 0 Å². The molecule has 1 fully saturated rings. The predicted octanol–water partition coefficient (Wildman–Crippen LogP) is -0.500. The standard InChI is InChI=1S/C8H19N3/c1-9-4-3-8-7-11(2)6-5-10-8/h8-10H,3-7H2,1-2H3/t8-/m0/s1. The van der Waals surface area contributed by atoms with Gasteiger partial charge in [-0.3, -0.25) is 0 Å². The topological polar surface area (TPSA) is 27.3 Å². The number of hydrogen-bond acceptors (Lipinski definition) is 3. The maximum Gasteiger partial charge on any atom is 0.0207 e. The lowest BCUT2D eigenvalue weighted by atomic mass is 10.1. The van der Waals surface area contributed by atoms with E-state index in [9.17, 15) is 0 Å². The molecular formula is C8H19N3. The highest BCUT2D eigenvalue weighted by Gasteiger charge is 2.14. The molecule has 1 aliphatic rings. The minimum absolute atomic E-state index is 0.696. The molecule has 1 atom stereocenters. The van der Waals surface area contributed by atoms with Gasteiger partial charge < -0.3 is 15.5 Å². The van der Waals surface area contributed by atoms with Gasteiger partial charge in [-0.1, -0.05) is 0 Å². The summed E-state index contributed by atoms with van der Waals surface area (Å²) in [4.78, 5) is 2.39. The first-order valence-electron chi connectivity index (χ1n) is 4.39. The second kappa shape index (κ2) is 4.70. The molecular weight excluding hydrogens is 138 g/mol. The highest BCUT2D eigenvalue weighted by molar-refractivity contribution is 4.76. The van der Waals surface area contributed by atoms with Crippen molar-refractivity contribution < 1.29 is 0 Å². The summed E-state index contributed by atoms with van der Waals surface area (Å²) in [5.41, 5.74) is 0. The van der Waals surface area contributed by atoms with Crippen molar-refractivity contribution in [2.45, 2.75) is 12.5 Å². The third kappa shape index (κ3) is 3.18. The van der Waals surface area contributed by atoms with E-state index in [2.05, 4.69) is 22.6 Å². The molecule has 0 unspecified atom stereocenters. The van der Waals surface area contributed by atoms with Crippen LogP contribution in [0.4, 0.5) is 0 Å². The lowest BCUT2D eigenvalue weighted by Crippen LogP contribution is -2.49. The van der Waals surface area contributed by atoms with Gasteiger partial charge in [-0.2, -0.15) is 0 Å². The fourth-order valence-corrected chi connectivity index (χ4v) is 1.50. The molecule has 0 aromatic carbocycles. The van der Waals surface area contributed by atoms with Crippen molar-refractivity contribution in [3.05, 3.63) is 0 Å². The Morgan fingerprint density at radius 1 is 1.64 bits per heavy atom. The van der Waals surface area contributed by atoms with Gasteiger partial charge in [0.15, 0.2) is 0 Å². The fraction of sp³-hybridized carbons (Fsp3) is 1.00. The van der Waals surface area contributed by atoms with Gasteiger partial charge >= 0.3 is 0 Å². The summed E-state index contributed by atoms with van der Waals surface area (Å²) < 4.78 is 0. The molecule has 3 nitrogen and oxygen atoms in total. The quantitative estimate of drug-likeness (QED) is 0.578. The molecule has 1 rings (SSSR count). The Morgan fingerprint density at radius 2 is 2.45 bits per heavy atom. The lowest BCUT2D eigenvalue weighted by molar-refractivity contribution is 0.232. The van der Waals surface area contributed by atoms with Crippen molar-refractivity contribution in [3.63, 3.8) is 0 Å². The van der Waals surface area contributed by atoms with Gasteiger partial charge in [-0.05, 0) is 27.1 Å². The molecule has 11 heavy (non-hydrogen) atoms. The smallest absolute Gasteiger partial charge is 0.0207 e. The SMILES string of the molecule is CNCC[C@H]1CN(C)CCN1. The Kier molecular flexibility index (Phi) is 3.83. The van der Waals surface area contributed by atoms with Crippen molar-refractivity contribution in [3.8, 4) is 0 Å². The first-order chi connectivity index (χ1) is 5.33. The van der Waals surface area contributed by atoms with E-state index >= 15 is 0 Å². The van der Waals surface area contributed by atoms with Gasteiger partial charge in [0.05, 0.1) is 0 Å². The maximum atomic E-state index is 3.50. The lowest BCUT2D eigenvalue weighted by Gasteiger charge is -2.30. The Bertz CT molecular complexity index is 106. The minimum atomic E-state index is 0.696. The van der Waals surface area contributed by atoms with Gasteiger partial charge in [0.2, 0.25) is 0 Å². The number of likely N-dealkylation sites (N-methyl/N-ethyl adjacent to an activating group) is 1. The highest BCUT2D eigenvalue weighted by Crippen LogP contribution is 1.98. The van der Waals surface area contributed by atoms with Crippen LogP contribution in [0.3, 0.4) is 0 Å². The maximum absolute atomic E-state index is 3.50. The van der Waals surface area contributed by atoms with Crippen LogP contribution in [0.5, 0.6) is 0 Å². The summed E-state index contributed by atoms with van der Waals surface area (Å²) in [6.07, 6.45) is 1.24. The van der Waals surface area contributed by atoms with Crippen LogP contribution < -0.4 is 10.6 Å². The zero-order chi connectivity index (χ0) is 8.10. The highest BCUT2D eigenvalue weighted by atomic mass is 15.2. The number of nitrogens with zero attached hydrogens (tertiary/aromatic N) is 1. The van der Waals surface area contributed by atoms with E-state index in [0.29, 0.717) is 6.04 Å². The largest absolute Gasteiger partial charge is 0.320 e. The Labute approximate surface area is 69.1 Å². The Balaban J connectivity index is 2.12. The number of piperazine rings is 1. The number of nitrogens with one attached hydrogen (secondary N) is 2. The van der Waals surface area contributed by atoms with Crippen molar-refractivity contribution in [1.82, 2.24) is 15.5 Å². The molecule has 0 aromatic heterocycles. The van der Waals surface area contributed by atoms with Gasteiger partial charge in [0.1, 0.15) is 0 Å². The zero-order valence-electron chi connectivity index (χ0n) is 7.56. The van der Waals surface area contributed by atoms with Crippen molar-refractivity contribution in [2.75, 3.05) is 40.3 Å². The molecule has 0 aromatic rings. The molecule has 1 heterocycles.